The molecule has 1 atom stereocenters. The van der Waals surface area contributed by atoms with Gasteiger partial charge in [-0.15, -0.1) is 0 Å². The number of aromatic nitrogens is 3. The third-order valence-corrected chi connectivity index (χ3v) is 3.78. The molecule has 0 saturated heterocycles. The lowest BCUT2D eigenvalue weighted by atomic mass is 10.3. The van der Waals surface area contributed by atoms with Gasteiger partial charge in [0.1, 0.15) is 5.52 Å². The third-order valence-electron chi connectivity index (χ3n) is 2.74. The van der Waals surface area contributed by atoms with Crippen LogP contribution < -0.4 is 5.73 Å². The number of nitrogen functional groups attached to an aromatic ring is 1. The van der Waals surface area contributed by atoms with Crippen LogP contribution in [0.25, 0.3) is 11.0 Å². The van der Waals surface area contributed by atoms with Gasteiger partial charge in [-0.25, -0.2) is 4.98 Å². The molecule has 0 aliphatic heterocycles. The van der Waals surface area contributed by atoms with E-state index < -0.39 is 0 Å². The Morgan fingerprint density at radius 2 is 2.38 bits per heavy atom. The van der Waals surface area contributed by atoms with Crippen LogP contribution in [0.1, 0.15) is 13.3 Å². The minimum atomic E-state index is 0.580. The van der Waals surface area contributed by atoms with Crippen LogP contribution in [-0.4, -0.2) is 26.0 Å². The van der Waals surface area contributed by atoms with E-state index in [9.17, 15) is 0 Å². The maximum atomic E-state index is 5.90. The maximum absolute atomic E-state index is 5.90. The largest absolute Gasteiger partial charge is 0.369 e. The van der Waals surface area contributed by atoms with Gasteiger partial charge in [0.15, 0.2) is 0 Å². The number of rotatable bonds is 4. The Hall–Kier alpha value is -1.23. The van der Waals surface area contributed by atoms with Crippen LogP contribution in [0.15, 0.2) is 18.5 Å². The van der Waals surface area contributed by atoms with E-state index >= 15 is 0 Å². The van der Waals surface area contributed by atoms with Gasteiger partial charge in [-0.3, -0.25) is 4.98 Å². The highest BCUT2D eigenvalue weighted by atomic mass is 32.2. The molecule has 4 nitrogen and oxygen atoms in total. The van der Waals surface area contributed by atoms with Crippen molar-refractivity contribution in [2.24, 2.45) is 0 Å². The fraction of sp³-hybridized carbons (Fsp3) is 0.455. The third kappa shape index (κ3) is 2.14. The summed E-state index contributed by atoms with van der Waals surface area (Å²) in [6.45, 7) is 3.13. The number of anilines is 1. The molecule has 0 amide bonds. The van der Waals surface area contributed by atoms with E-state index in [4.69, 9.17) is 5.73 Å². The van der Waals surface area contributed by atoms with Crippen LogP contribution in [0.4, 0.5) is 5.95 Å². The molecule has 0 saturated carbocycles. The summed E-state index contributed by atoms with van der Waals surface area (Å²) in [4.78, 5) is 8.33. The van der Waals surface area contributed by atoms with Gasteiger partial charge in [-0.1, -0.05) is 6.92 Å². The first-order chi connectivity index (χ1) is 7.72. The predicted octanol–water partition coefficient (Wildman–Crippen LogP) is 2.16. The van der Waals surface area contributed by atoms with Crippen LogP contribution in [0.5, 0.6) is 0 Å². The van der Waals surface area contributed by atoms with E-state index in [0.29, 0.717) is 11.2 Å². The van der Waals surface area contributed by atoms with Crippen LogP contribution in [0.3, 0.4) is 0 Å². The number of pyridine rings is 1. The van der Waals surface area contributed by atoms with Crippen LogP contribution in [-0.2, 0) is 6.54 Å². The maximum Gasteiger partial charge on any atom is 0.201 e. The van der Waals surface area contributed by atoms with Crippen molar-refractivity contribution < 1.29 is 0 Å². The fourth-order valence-electron chi connectivity index (χ4n) is 1.66. The molecule has 2 N–H and O–H groups in total. The average Bonchev–Trinajstić information content (AvgIpc) is 2.62. The number of imidazole rings is 1. The van der Waals surface area contributed by atoms with Gasteiger partial charge in [0.05, 0.1) is 11.7 Å². The van der Waals surface area contributed by atoms with Gasteiger partial charge in [-0.2, -0.15) is 11.8 Å². The molecule has 2 aromatic rings. The van der Waals surface area contributed by atoms with E-state index in [-0.39, 0.29) is 0 Å². The van der Waals surface area contributed by atoms with Gasteiger partial charge in [0.2, 0.25) is 5.95 Å². The second-order valence-electron chi connectivity index (χ2n) is 3.82. The Bertz CT molecular complexity index is 480. The molecule has 0 fully saturated rings. The van der Waals surface area contributed by atoms with Gasteiger partial charge >= 0.3 is 0 Å². The molecule has 0 spiro atoms. The number of hydrogen-bond acceptors (Lipinski definition) is 4. The zero-order valence-corrected chi connectivity index (χ0v) is 10.4. The number of nitrogens with zero attached hydrogens (tertiary/aromatic N) is 3. The quantitative estimate of drug-likeness (QED) is 0.883. The van der Waals surface area contributed by atoms with Crippen molar-refractivity contribution in [1.29, 1.82) is 0 Å². The van der Waals surface area contributed by atoms with Gasteiger partial charge in [0.25, 0.3) is 0 Å². The number of thioether (sulfide) groups is 1. The summed E-state index contributed by atoms with van der Waals surface area (Å²) in [5.74, 6) is 0.580. The zero-order chi connectivity index (χ0) is 11.5. The summed E-state index contributed by atoms with van der Waals surface area (Å²) in [7, 11) is 0. The van der Waals surface area contributed by atoms with Gasteiger partial charge in [0, 0.05) is 18.0 Å². The average molecular weight is 236 g/mol. The topological polar surface area (TPSA) is 56.7 Å². The molecule has 0 aliphatic rings. The Morgan fingerprint density at radius 3 is 3.12 bits per heavy atom. The summed E-state index contributed by atoms with van der Waals surface area (Å²) in [6, 6.07) is 1.96. The Labute approximate surface area is 99.3 Å². The molecule has 1 unspecified atom stereocenters. The molecular formula is C11H16N4S. The summed E-state index contributed by atoms with van der Waals surface area (Å²) in [5, 5.41) is 0.638. The van der Waals surface area contributed by atoms with Crippen molar-refractivity contribution in [3.05, 3.63) is 18.5 Å². The van der Waals surface area contributed by atoms with Crippen molar-refractivity contribution >= 4 is 28.7 Å². The van der Waals surface area contributed by atoms with Crippen molar-refractivity contribution in [3.8, 4) is 0 Å². The first-order valence-electron chi connectivity index (χ1n) is 5.31. The monoisotopic (exact) mass is 236 g/mol. The molecule has 0 aliphatic carbocycles. The van der Waals surface area contributed by atoms with Crippen LogP contribution in [0, 0.1) is 0 Å². The molecule has 2 aromatic heterocycles. The minimum absolute atomic E-state index is 0.580. The van der Waals surface area contributed by atoms with Crippen molar-refractivity contribution in [3.63, 3.8) is 0 Å². The summed E-state index contributed by atoms with van der Waals surface area (Å²) >= 11 is 1.87. The highest BCUT2D eigenvalue weighted by Gasteiger charge is 2.08. The smallest absolute Gasteiger partial charge is 0.201 e. The van der Waals surface area contributed by atoms with E-state index in [1.54, 1.807) is 12.4 Å². The highest BCUT2D eigenvalue weighted by Crippen LogP contribution is 2.19. The summed E-state index contributed by atoms with van der Waals surface area (Å²) in [5.41, 5.74) is 7.84. The van der Waals surface area contributed by atoms with Crippen molar-refractivity contribution in [2.45, 2.75) is 25.1 Å². The second-order valence-corrected chi connectivity index (χ2v) is 5.10. The van der Waals surface area contributed by atoms with Crippen LogP contribution >= 0.6 is 11.8 Å². The number of aryl methyl sites for hydroxylation is 1. The first kappa shape index (κ1) is 11.3. The van der Waals surface area contributed by atoms with Gasteiger partial charge in [-0.05, 0) is 18.7 Å². The van der Waals surface area contributed by atoms with Crippen LogP contribution in [0.2, 0.25) is 0 Å². The lowest BCUT2D eigenvalue weighted by molar-refractivity contribution is 0.662. The molecule has 5 heteroatoms. The van der Waals surface area contributed by atoms with E-state index in [2.05, 4.69) is 27.7 Å². The lowest BCUT2D eigenvalue weighted by Gasteiger charge is -2.10. The zero-order valence-electron chi connectivity index (χ0n) is 9.55. The predicted molar refractivity (Wildman–Crippen MR) is 69.5 cm³/mol. The molecular weight excluding hydrogens is 220 g/mol. The second kappa shape index (κ2) is 4.74. The molecule has 0 aromatic carbocycles. The molecule has 16 heavy (non-hydrogen) atoms. The van der Waals surface area contributed by atoms with Crippen molar-refractivity contribution in [2.75, 3.05) is 12.0 Å². The Morgan fingerprint density at radius 1 is 1.56 bits per heavy atom. The molecule has 86 valence electrons. The molecule has 0 radical (unpaired) electrons. The lowest BCUT2D eigenvalue weighted by Crippen LogP contribution is -2.07. The SMILES string of the molecule is CSC(C)CCn1c(N)nc2cnccc21. The van der Waals surface area contributed by atoms with E-state index in [0.717, 1.165) is 24.0 Å². The number of nitrogens with two attached hydrogens (primary N) is 1. The number of fused-ring (bicyclic) bond motifs is 1. The van der Waals surface area contributed by atoms with E-state index in [1.807, 2.05) is 17.8 Å². The Kier molecular flexibility index (Phi) is 3.33. The number of hydrogen-bond donors (Lipinski definition) is 1. The van der Waals surface area contributed by atoms with Crippen molar-refractivity contribution in [1.82, 2.24) is 14.5 Å². The molecule has 2 heterocycles. The first-order valence-corrected chi connectivity index (χ1v) is 6.59. The fourth-order valence-corrected chi connectivity index (χ4v) is 2.01. The normalized spacial score (nSPS) is 13.1. The summed E-state index contributed by atoms with van der Waals surface area (Å²) in [6.07, 6.45) is 6.75. The minimum Gasteiger partial charge on any atom is -0.369 e. The molecule has 2 rings (SSSR count). The van der Waals surface area contributed by atoms with E-state index in [1.165, 1.54) is 0 Å². The standard InChI is InChI=1S/C11H16N4S/c1-8(16-2)4-6-15-10-3-5-13-7-9(10)14-11(15)12/h3,5,7-8H,4,6H2,1-2H3,(H2,12,14). The molecule has 0 bridgehead atoms. The van der Waals surface area contributed by atoms with Gasteiger partial charge < -0.3 is 10.3 Å². The Balaban J connectivity index is 2.26. The summed E-state index contributed by atoms with van der Waals surface area (Å²) < 4.78 is 2.06. The highest BCUT2D eigenvalue weighted by molar-refractivity contribution is 7.99.